The molecular formula is C17H21N3O2. The standard InChI is InChI=1S/C17H21N3O2/c21-17(18-8-10-22-11-9-18)19-6-3-7-20-15(13-19)12-14-4-1-2-5-16(14)20/h1-2,4-5,12H,3,6-11,13H2. The van der Waals surface area contributed by atoms with Gasteiger partial charge in [-0.15, -0.1) is 0 Å². The normalized spacial score (nSPS) is 19.1. The Morgan fingerprint density at radius 2 is 1.82 bits per heavy atom. The fourth-order valence-corrected chi connectivity index (χ4v) is 3.47. The van der Waals surface area contributed by atoms with Crippen LogP contribution < -0.4 is 0 Å². The Kier molecular flexibility index (Phi) is 3.50. The molecule has 0 radical (unpaired) electrons. The molecule has 0 bridgehead atoms. The van der Waals surface area contributed by atoms with Crippen LogP contribution in [0.25, 0.3) is 10.9 Å². The van der Waals surface area contributed by atoms with Crippen LogP contribution >= 0.6 is 0 Å². The van der Waals surface area contributed by atoms with E-state index in [0.29, 0.717) is 32.8 Å². The first-order valence-electron chi connectivity index (χ1n) is 8.02. The summed E-state index contributed by atoms with van der Waals surface area (Å²) in [7, 11) is 0. The molecule has 4 rings (SSSR count). The molecule has 1 aromatic carbocycles. The Hall–Kier alpha value is -2.01. The van der Waals surface area contributed by atoms with Crippen LogP contribution in [0.5, 0.6) is 0 Å². The predicted octanol–water partition coefficient (Wildman–Crippen LogP) is 2.30. The highest BCUT2D eigenvalue weighted by molar-refractivity contribution is 5.82. The van der Waals surface area contributed by atoms with Crippen molar-refractivity contribution in [2.75, 3.05) is 32.8 Å². The van der Waals surface area contributed by atoms with Crippen molar-refractivity contribution in [1.82, 2.24) is 14.4 Å². The van der Waals surface area contributed by atoms with Crippen LogP contribution in [0.1, 0.15) is 12.1 Å². The minimum atomic E-state index is 0.155. The first kappa shape index (κ1) is 13.6. The summed E-state index contributed by atoms with van der Waals surface area (Å²) >= 11 is 0. The van der Waals surface area contributed by atoms with E-state index in [1.807, 2.05) is 9.80 Å². The molecule has 0 saturated carbocycles. The summed E-state index contributed by atoms with van der Waals surface area (Å²) in [6.07, 6.45) is 1.00. The first-order chi connectivity index (χ1) is 10.8. The lowest BCUT2D eigenvalue weighted by Gasteiger charge is -2.32. The van der Waals surface area contributed by atoms with Gasteiger partial charge in [0.15, 0.2) is 0 Å². The molecule has 116 valence electrons. The van der Waals surface area contributed by atoms with Crippen molar-refractivity contribution in [2.24, 2.45) is 0 Å². The molecular weight excluding hydrogens is 278 g/mol. The van der Waals surface area contributed by atoms with Gasteiger partial charge in [-0.3, -0.25) is 0 Å². The predicted molar refractivity (Wildman–Crippen MR) is 84.8 cm³/mol. The Balaban J connectivity index is 1.60. The molecule has 2 aliphatic rings. The summed E-state index contributed by atoms with van der Waals surface area (Å²) < 4.78 is 7.70. The molecule has 5 nitrogen and oxygen atoms in total. The number of rotatable bonds is 0. The Morgan fingerprint density at radius 1 is 1.00 bits per heavy atom. The number of fused-ring (bicyclic) bond motifs is 3. The second-order valence-electron chi connectivity index (χ2n) is 6.00. The highest BCUT2D eigenvalue weighted by atomic mass is 16.5. The van der Waals surface area contributed by atoms with E-state index in [4.69, 9.17) is 4.74 Å². The Morgan fingerprint density at radius 3 is 2.68 bits per heavy atom. The second-order valence-corrected chi connectivity index (χ2v) is 6.00. The number of morpholine rings is 1. The third kappa shape index (κ3) is 2.35. The van der Waals surface area contributed by atoms with E-state index in [0.717, 1.165) is 19.5 Å². The van der Waals surface area contributed by atoms with Crippen LogP contribution in [0.3, 0.4) is 0 Å². The molecule has 0 atom stereocenters. The number of urea groups is 1. The fraction of sp³-hybridized carbons (Fsp3) is 0.471. The van der Waals surface area contributed by atoms with Gasteiger partial charge in [0.05, 0.1) is 19.8 Å². The van der Waals surface area contributed by atoms with Gasteiger partial charge in [-0.1, -0.05) is 18.2 Å². The quantitative estimate of drug-likeness (QED) is 0.748. The van der Waals surface area contributed by atoms with Crippen molar-refractivity contribution in [1.29, 1.82) is 0 Å². The summed E-state index contributed by atoms with van der Waals surface area (Å²) in [6, 6.07) is 10.8. The van der Waals surface area contributed by atoms with Crippen LogP contribution in [0.4, 0.5) is 4.79 Å². The van der Waals surface area contributed by atoms with E-state index in [-0.39, 0.29) is 6.03 Å². The van der Waals surface area contributed by atoms with Gasteiger partial charge < -0.3 is 19.1 Å². The smallest absolute Gasteiger partial charge is 0.320 e. The van der Waals surface area contributed by atoms with Gasteiger partial charge in [-0.05, 0) is 23.9 Å². The molecule has 0 spiro atoms. The van der Waals surface area contributed by atoms with E-state index < -0.39 is 0 Å². The lowest BCUT2D eigenvalue weighted by molar-refractivity contribution is 0.0427. The summed E-state index contributed by atoms with van der Waals surface area (Å²) in [5.41, 5.74) is 2.51. The third-order valence-electron chi connectivity index (χ3n) is 4.61. The fourth-order valence-electron chi connectivity index (χ4n) is 3.47. The molecule has 1 fully saturated rings. The van der Waals surface area contributed by atoms with Gasteiger partial charge in [0.2, 0.25) is 0 Å². The number of aryl methyl sites for hydroxylation is 1. The second kappa shape index (κ2) is 5.65. The molecule has 0 N–H and O–H groups in total. The lowest BCUT2D eigenvalue weighted by atomic mass is 10.2. The van der Waals surface area contributed by atoms with Crippen molar-refractivity contribution in [3.05, 3.63) is 36.0 Å². The number of para-hydroxylation sites is 1. The van der Waals surface area contributed by atoms with Crippen LogP contribution in [-0.2, 0) is 17.8 Å². The summed E-state index contributed by atoms with van der Waals surface area (Å²) in [5.74, 6) is 0. The average Bonchev–Trinajstić information content (AvgIpc) is 2.78. The number of ether oxygens (including phenoxy) is 1. The summed E-state index contributed by atoms with van der Waals surface area (Å²) in [4.78, 5) is 16.6. The summed E-state index contributed by atoms with van der Waals surface area (Å²) in [6.45, 7) is 5.23. The molecule has 0 unspecified atom stereocenters. The SMILES string of the molecule is O=C(N1CCOCC1)N1CCCn2c(cc3ccccc32)C1. The molecule has 1 saturated heterocycles. The number of amides is 2. The van der Waals surface area contributed by atoms with E-state index >= 15 is 0 Å². The minimum Gasteiger partial charge on any atom is -0.378 e. The molecule has 1 aromatic heterocycles. The van der Waals surface area contributed by atoms with Crippen molar-refractivity contribution in [3.63, 3.8) is 0 Å². The van der Waals surface area contributed by atoms with E-state index in [1.54, 1.807) is 0 Å². The number of hydrogen-bond acceptors (Lipinski definition) is 2. The number of carbonyl (C=O) groups excluding carboxylic acids is 1. The van der Waals surface area contributed by atoms with Gasteiger partial charge in [0.1, 0.15) is 0 Å². The minimum absolute atomic E-state index is 0.155. The van der Waals surface area contributed by atoms with E-state index in [1.165, 1.54) is 16.6 Å². The maximum atomic E-state index is 12.7. The summed E-state index contributed by atoms with van der Waals surface area (Å²) in [5, 5.41) is 1.26. The number of hydrogen-bond donors (Lipinski definition) is 0. The maximum Gasteiger partial charge on any atom is 0.320 e. The Labute approximate surface area is 130 Å². The van der Waals surface area contributed by atoms with Gasteiger partial charge in [0, 0.05) is 37.4 Å². The van der Waals surface area contributed by atoms with Gasteiger partial charge in [-0.2, -0.15) is 0 Å². The van der Waals surface area contributed by atoms with E-state index in [9.17, 15) is 4.79 Å². The van der Waals surface area contributed by atoms with Crippen molar-refractivity contribution < 1.29 is 9.53 Å². The molecule has 0 aliphatic carbocycles. The largest absolute Gasteiger partial charge is 0.378 e. The molecule has 2 aliphatic heterocycles. The number of benzene rings is 1. The van der Waals surface area contributed by atoms with Crippen molar-refractivity contribution in [2.45, 2.75) is 19.5 Å². The molecule has 3 heterocycles. The van der Waals surface area contributed by atoms with Crippen LogP contribution in [0.15, 0.2) is 30.3 Å². The highest BCUT2D eigenvalue weighted by Crippen LogP contribution is 2.24. The molecule has 2 amide bonds. The topological polar surface area (TPSA) is 37.7 Å². The zero-order chi connectivity index (χ0) is 14.9. The average molecular weight is 299 g/mol. The van der Waals surface area contributed by atoms with Crippen LogP contribution in [-0.4, -0.2) is 53.2 Å². The third-order valence-corrected chi connectivity index (χ3v) is 4.61. The van der Waals surface area contributed by atoms with Gasteiger partial charge >= 0.3 is 6.03 Å². The van der Waals surface area contributed by atoms with Gasteiger partial charge in [-0.25, -0.2) is 4.79 Å². The molecule has 22 heavy (non-hydrogen) atoms. The van der Waals surface area contributed by atoms with Crippen LogP contribution in [0.2, 0.25) is 0 Å². The zero-order valence-corrected chi connectivity index (χ0v) is 12.7. The number of carbonyl (C=O) groups is 1. The van der Waals surface area contributed by atoms with Gasteiger partial charge in [0.25, 0.3) is 0 Å². The van der Waals surface area contributed by atoms with Crippen molar-refractivity contribution in [3.8, 4) is 0 Å². The molecule has 5 heteroatoms. The lowest BCUT2D eigenvalue weighted by Crippen LogP contribution is -2.47. The maximum absolute atomic E-state index is 12.7. The number of nitrogens with zero attached hydrogens (tertiary/aromatic N) is 3. The van der Waals surface area contributed by atoms with Crippen molar-refractivity contribution >= 4 is 16.9 Å². The van der Waals surface area contributed by atoms with Crippen LogP contribution in [0, 0.1) is 0 Å². The first-order valence-corrected chi connectivity index (χ1v) is 8.02. The molecule has 2 aromatic rings. The monoisotopic (exact) mass is 299 g/mol. The Bertz CT molecular complexity index is 688. The zero-order valence-electron chi connectivity index (χ0n) is 12.7. The van der Waals surface area contributed by atoms with E-state index in [2.05, 4.69) is 34.9 Å². The highest BCUT2D eigenvalue weighted by Gasteiger charge is 2.25. The number of aromatic nitrogens is 1.